The lowest BCUT2D eigenvalue weighted by Gasteiger charge is -2.24. The standard InChI is InChI=1S/C13H14F4O/c1-8-4-5-12(18,7-8)9-2-3-10(11(14)6-9)13(15,16)17/h2-3,6,8,18H,4-5,7H2,1H3. The van der Waals surface area contributed by atoms with E-state index in [1.54, 1.807) is 0 Å². The van der Waals surface area contributed by atoms with Crippen molar-refractivity contribution in [1.82, 2.24) is 0 Å². The lowest BCUT2D eigenvalue weighted by atomic mass is 9.90. The van der Waals surface area contributed by atoms with E-state index in [4.69, 9.17) is 0 Å². The van der Waals surface area contributed by atoms with Crippen molar-refractivity contribution in [3.8, 4) is 0 Å². The Bertz CT molecular complexity index is 455. The van der Waals surface area contributed by atoms with Crippen LogP contribution in [0.2, 0.25) is 0 Å². The number of hydrogen-bond donors (Lipinski definition) is 1. The van der Waals surface area contributed by atoms with Crippen LogP contribution in [0, 0.1) is 11.7 Å². The molecule has 100 valence electrons. The van der Waals surface area contributed by atoms with Crippen molar-refractivity contribution in [3.63, 3.8) is 0 Å². The summed E-state index contributed by atoms with van der Waals surface area (Å²) in [6.45, 7) is 1.96. The summed E-state index contributed by atoms with van der Waals surface area (Å²) in [6, 6.07) is 2.68. The highest BCUT2D eigenvalue weighted by Crippen LogP contribution is 2.43. The van der Waals surface area contributed by atoms with E-state index in [1.807, 2.05) is 6.92 Å². The van der Waals surface area contributed by atoms with Crippen molar-refractivity contribution in [2.24, 2.45) is 5.92 Å². The number of rotatable bonds is 1. The average molecular weight is 262 g/mol. The number of aliphatic hydroxyl groups is 1. The van der Waals surface area contributed by atoms with Gasteiger partial charge in [-0.3, -0.25) is 0 Å². The highest BCUT2D eigenvalue weighted by Gasteiger charge is 2.39. The highest BCUT2D eigenvalue weighted by atomic mass is 19.4. The summed E-state index contributed by atoms with van der Waals surface area (Å²) < 4.78 is 50.7. The highest BCUT2D eigenvalue weighted by molar-refractivity contribution is 5.31. The van der Waals surface area contributed by atoms with Crippen LogP contribution in [0.25, 0.3) is 0 Å². The van der Waals surface area contributed by atoms with Crippen LogP contribution in [-0.4, -0.2) is 5.11 Å². The molecule has 18 heavy (non-hydrogen) atoms. The van der Waals surface area contributed by atoms with Gasteiger partial charge in [0.15, 0.2) is 0 Å². The fourth-order valence-electron chi connectivity index (χ4n) is 2.56. The van der Waals surface area contributed by atoms with Crippen LogP contribution >= 0.6 is 0 Å². The molecule has 1 nitrogen and oxygen atoms in total. The van der Waals surface area contributed by atoms with Gasteiger partial charge in [0.05, 0.1) is 11.2 Å². The normalized spacial score (nSPS) is 28.7. The molecule has 1 N–H and O–H groups in total. The Hall–Kier alpha value is -1.10. The third-order valence-electron chi connectivity index (χ3n) is 3.55. The smallest absolute Gasteiger partial charge is 0.385 e. The van der Waals surface area contributed by atoms with Crippen molar-refractivity contribution in [2.45, 2.75) is 38.0 Å². The van der Waals surface area contributed by atoms with Crippen molar-refractivity contribution < 1.29 is 22.7 Å². The molecule has 0 saturated heterocycles. The van der Waals surface area contributed by atoms with Gasteiger partial charge in [0.2, 0.25) is 0 Å². The molecule has 2 unspecified atom stereocenters. The van der Waals surface area contributed by atoms with Crippen LogP contribution in [0.15, 0.2) is 18.2 Å². The first-order valence-electron chi connectivity index (χ1n) is 5.82. The molecule has 0 spiro atoms. The summed E-state index contributed by atoms with van der Waals surface area (Å²) in [5.74, 6) is -1.03. The Morgan fingerprint density at radius 2 is 2.00 bits per heavy atom. The summed E-state index contributed by atoms with van der Waals surface area (Å²) in [4.78, 5) is 0. The topological polar surface area (TPSA) is 20.2 Å². The fraction of sp³-hybridized carbons (Fsp3) is 0.538. The van der Waals surface area contributed by atoms with E-state index >= 15 is 0 Å². The maximum atomic E-state index is 13.4. The second-order valence-electron chi connectivity index (χ2n) is 5.07. The van der Waals surface area contributed by atoms with Gasteiger partial charge in [0.25, 0.3) is 0 Å². The Kier molecular flexibility index (Phi) is 3.13. The molecule has 1 aliphatic rings. The molecule has 2 rings (SSSR count). The first-order chi connectivity index (χ1) is 8.22. The summed E-state index contributed by atoms with van der Waals surface area (Å²) in [6.07, 6.45) is -3.00. The minimum absolute atomic E-state index is 0.234. The number of benzene rings is 1. The minimum atomic E-state index is -4.70. The molecular weight excluding hydrogens is 248 g/mol. The maximum absolute atomic E-state index is 13.4. The van der Waals surface area contributed by atoms with Gasteiger partial charge in [-0.1, -0.05) is 13.0 Å². The summed E-state index contributed by atoms with van der Waals surface area (Å²) in [5, 5.41) is 10.3. The fourth-order valence-corrected chi connectivity index (χ4v) is 2.56. The zero-order chi connectivity index (χ0) is 13.6. The van der Waals surface area contributed by atoms with Crippen molar-refractivity contribution in [2.75, 3.05) is 0 Å². The molecule has 1 aliphatic carbocycles. The monoisotopic (exact) mass is 262 g/mol. The van der Waals surface area contributed by atoms with E-state index in [-0.39, 0.29) is 5.56 Å². The third-order valence-corrected chi connectivity index (χ3v) is 3.55. The molecule has 5 heteroatoms. The van der Waals surface area contributed by atoms with Crippen LogP contribution < -0.4 is 0 Å². The van der Waals surface area contributed by atoms with Gasteiger partial charge in [-0.05, 0) is 42.9 Å². The SMILES string of the molecule is CC1CCC(O)(c2ccc(C(F)(F)F)c(F)c2)C1. The van der Waals surface area contributed by atoms with Gasteiger partial charge >= 0.3 is 6.18 Å². The van der Waals surface area contributed by atoms with Crippen LogP contribution in [0.1, 0.15) is 37.3 Å². The molecule has 1 aromatic rings. The van der Waals surface area contributed by atoms with E-state index in [9.17, 15) is 22.7 Å². The van der Waals surface area contributed by atoms with Gasteiger partial charge < -0.3 is 5.11 Å². The Morgan fingerprint density at radius 3 is 2.44 bits per heavy atom. The third kappa shape index (κ3) is 2.36. The molecule has 1 aromatic carbocycles. The van der Waals surface area contributed by atoms with Crippen LogP contribution in [0.3, 0.4) is 0 Å². The largest absolute Gasteiger partial charge is 0.419 e. The van der Waals surface area contributed by atoms with Crippen LogP contribution in [0.4, 0.5) is 17.6 Å². The second-order valence-corrected chi connectivity index (χ2v) is 5.07. The Morgan fingerprint density at radius 1 is 1.33 bits per heavy atom. The first-order valence-corrected chi connectivity index (χ1v) is 5.82. The molecule has 0 bridgehead atoms. The summed E-state index contributed by atoms with van der Waals surface area (Å²) >= 11 is 0. The zero-order valence-electron chi connectivity index (χ0n) is 9.89. The van der Waals surface area contributed by atoms with Crippen LogP contribution in [0.5, 0.6) is 0 Å². The van der Waals surface area contributed by atoms with E-state index in [0.717, 1.165) is 12.5 Å². The van der Waals surface area contributed by atoms with Crippen molar-refractivity contribution >= 4 is 0 Å². The van der Waals surface area contributed by atoms with Crippen molar-refractivity contribution in [1.29, 1.82) is 0 Å². The Balaban J connectivity index is 2.35. The van der Waals surface area contributed by atoms with Gasteiger partial charge in [-0.25, -0.2) is 4.39 Å². The average Bonchev–Trinajstić information content (AvgIpc) is 2.58. The van der Waals surface area contributed by atoms with E-state index < -0.39 is 23.2 Å². The molecule has 1 saturated carbocycles. The number of alkyl halides is 3. The predicted molar refractivity (Wildman–Crippen MR) is 58.3 cm³/mol. The van der Waals surface area contributed by atoms with Gasteiger partial charge in [0.1, 0.15) is 5.82 Å². The molecule has 1 fully saturated rings. The van der Waals surface area contributed by atoms with Gasteiger partial charge in [0, 0.05) is 0 Å². The first kappa shape index (κ1) is 13.3. The van der Waals surface area contributed by atoms with Gasteiger partial charge in [-0.2, -0.15) is 13.2 Å². The second kappa shape index (κ2) is 4.23. The molecule has 0 heterocycles. The Labute approximate surface area is 102 Å². The lowest BCUT2D eigenvalue weighted by Crippen LogP contribution is -2.22. The molecule has 2 atom stereocenters. The predicted octanol–water partition coefficient (Wildman–Crippen LogP) is 3.85. The molecule has 0 aliphatic heterocycles. The molecule has 0 aromatic heterocycles. The number of halogens is 4. The zero-order valence-corrected chi connectivity index (χ0v) is 9.89. The molecule has 0 amide bonds. The summed E-state index contributed by atoms with van der Waals surface area (Å²) in [5.41, 5.74) is -2.25. The van der Waals surface area contributed by atoms with Crippen LogP contribution in [-0.2, 0) is 11.8 Å². The molecule has 0 radical (unpaired) electrons. The maximum Gasteiger partial charge on any atom is 0.419 e. The number of hydrogen-bond acceptors (Lipinski definition) is 1. The quantitative estimate of drug-likeness (QED) is 0.762. The molecular formula is C13H14F4O. The van der Waals surface area contributed by atoms with E-state index in [0.29, 0.717) is 24.8 Å². The van der Waals surface area contributed by atoms with E-state index in [2.05, 4.69) is 0 Å². The van der Waals surface area contributed by atoms with E-state index in [1.165, 1.54) is 6.07 Å². The minimum Gasteiger partial charge on any atom is -0.385 e. The van der Waals surface area contributed by atoms with Crippen molar-refractivity contribution in [3.05, 3.63) is 35.1 Å². The van der Waals surface area contributed by atoms with Gasteiger partial charge in [-0.15, -0.1) is 0 Å². The lowest BCUT2D eigenvalue weighted by molar-refractivity contribution is -0.140. The summed E-state index contributed by atoms with van der Waals surface area (Å²) in [7, 11) is 0.